The van der Waals surface area contributed by atoms with Crippen molar-refractivity contribution >= 4 is 55.8 Å². The van der Waals surface area contributed by atoms with Crippen molar-refractivity contribution < 1.29 is 9.15 Å². The molecule has 1 aromatic heterocycles. The molecule has 0 atom stereocenters. The third-order valence-corrected chi connectivity index (χ3v) is 10.4. The summed E-state index contributed by atoms with van der Waals surface area (Å²) in [6.45, 7) is 8.19. The van der Waals surface area contributed by atoms with E-state index >= 15 is 0 Å². The van der Waals surface area contributed by atoms with Gasteiger partial charge in [0.15, 0.2) is 0 Å². The number of hydrogen-bond acceptors (Lipinski definition) is 4. The maximum Gasteiger partial charge on any atom is 0.142 e. The maximum absolute atomic E-state index is 5.98. The molecule has 10 rings (SSSR count). The lowest BCUT2D eigenvalue weighted by Gasteiger charge is -2.16. The second-order valence-electron chi connectivity index (χ2n) is 14.3. The fraction of sp³-hybridized carbons (Fsp3) is 0.0714. The minimum Gasteiger partial charge on any atom is -0.464 e. The first-order valence-corrected chi connectivity index (χ1v) is 20.7. The Bertz CT molecular complexity index is 2860. The van der Waals surface area contributed by atoms with E-state index in [4.69, 9.17) is 9.15 Å². The van der Waals surface area contributed by atoms with Crippen LogP contribution in [0.1, 0.15) is 37.8 Å². The summed E-state index contributed by atoms with van der Waals surface area (Å²) in [5.74, 6) is 0.820. The van der Waals surface area contributed by atoms with Crippen LogP contribution in [0.15, 0.2) is 218 Å². The van der Waals surface area contributed by atoms with Crippen LogP contribution in [-0.2, 0) is 0 Å². The number of hydrogen-bond donors (Lipinski definition) is 2. The van der Waals surface area contributed by atoms with Gasteiger partial charge in [0.25, 0.3) is 0 Å². The van der Waals surface area contributed by atoms with Gasteiger partial charge < -0.3 is 19.8 Å². The van der Waals surface area contributed by atoms with E-state index in [1.165, 1.54) is 33.0 Å². The number of anilines is 4. The number of furan rings is 1. The maximum atomic E-state index is 5.98. The number of rotatable bonds is 7. The predicted molar refractivity (Wildman–Crippen MR) is 256 cm³/mol. The third-order valence-electron chi connectivity index (χ3n) is 10.4. The van der Waals surface area contributed by atoms with E-state index in [2.05, 4.69) is 169 Å². The smallest absolute Gasteiger partial charge is 0.142 e. The Balaban J connectivity index is 0.000000197. The fourth-order valence-electron chi connectivity index (χ4n) is 7.45. The molecule has 1 aliphatic carbocycles. The van der Waals surface area contributed by atoms with Gasteiger partial charge in [-0.25, -0.2) is 0 Å². The molecule has 294 valence electrons. The van der Waals surface area contributed by atoms with Crippen molar-refractivity contribution in [3.63, 3.8) is 0 Å². The van der Waals surface area contributed by atoms with Crippen LogP contribution in [0.2, 0.25) is 0 Å². The molecule has 2 heterocycles. The average molecular weight is 781 g/mol. The number of ether oxygens (including phenoxy) is 1. The minimum atomic E-state index is 0.820. The Labute approximate surface area is 353 Å². The summed E-state index contributed by atoms with van der Waals surface area (Å²) in [6.07, 6.45) is 16.6. The van der Waals surface area contributed by atoms with E-state index in [-0.39, 0.29) is 0 Å². The summed E-state index contributed by atoms with van der Waals surface area (Å²) in [5, 5.41) is 9.47. The van der Waals surface area contributed by atoms with Gasteiger partial charge in [-0.1, -0.05) is 154 Å². The Morgan fingerprint density at radius 1 is 0.500 bits per heavy atom. The zero-order chi connectivity index (χ0) is 41.1. The Morgan fingerprint density at radius 2 is 1.13 bits per heavy atom. The SMILES string of the molecule is C1=CC(c2ccc3oc4ccccc4c3c2)=CCC1.C=C1/C=C\C=C/Oc2c1cccc2-c1ccc(Nc2ccc(Nc3ccccc3-c3ccccc3)cc2)cc1.CC. The quantitative estimate of drug-likeness (QED) is 0.169. The second-order valence-corrected chi connectivity index (χ2v) is 14.3. The number of nitrogens with one attached hydrogen (secondary N) is 2. The zero-order valence-corrected chi connectivity index (χ0v) is 34.1. The molecule has 0 spiro atoms. The Kier molecular flexibility index (Phi) is 12.3. The second kappa shape index (κ2) is 18.8. The third kappa shape index (κ3) is 8.94. The van der Waals surface area contributed by atoms with Gasteiger partial charge in [0.05, 0.1) is 6.26 Å². The van der Waals surface area contributed by atoms with Gasteiger partial charge in [0, 0.05) is 50.2 Å². The molecule has 0 saturated heterocycles. The van der Waals surface area contributed by atoms with E-state index < -0.39 is 0 Å². The Hall–Kier alpha value is -7.56. The molecule has 2 aliphatic rings. The van der Waals surface area contributed by atoms with Crippen molar-refractivity contribution in [3.8, 4) is 28.0 Å². The number of benzene rings is 7. The lowest BCUT2D eigenvalue weighted by Crippen LogP contribution is -1.95. The summed E-state index contributed by atoms with van der Waals surface area (Å²) in [7, 11) is 0. The van der Waals surface area contributed by atoms with Crippen molar-refractivity contribution in [1.82, 2.24) is 0 Å². The fourth-order valence-corrected chi connectivity index (χ4v) is 7.45. The lowest BCUT2D eigenvalue weighted by atomic mass is 9.97. The normalized spacial score (nSPS) is 13.8. The highest BCUT2D eigenvalue weighted by atomic mass is 16.5. The summed E-state index contributed by atoms with van der Waals surface area (Å²) in [5.41, 5.74) is 15.1. The molecule has 8 aromatic rings. The summed E-state index contributed by atoms with van der Waals surface area (Å²) < 4.78 is 11.8. The molecule has 0 radical (unpaired) electrons. The number of fused-ring (bicyclic) bond motifs is 4. The van der Waals surface area contributed by atoms with Gasteiger partial charge in [0.2, 0.25) is 0 Å². The standard InChI is InChI=1S/C36H28N2O.C18H14O.C2H6/c1-26-10-7-8-25-39-36-32(26)14-9-15-34(36)28-17-19-29(20-18-28)37-30-21-23-31(24-22-30)38-35-16-6-5-13-33(35)27-11-3-2-4-12-27;1-2-6-13(7-3-1)14-10-11-18-16(12-14)15-8-4-5-9-17(15)19-18;1-2/h2-25,37-38H,1H2;2,4-12H,1,3H2;1-2H3/b10-7-,25-8-;;. The molecular formula is C56H48N2O2. The molecular weight excluding hydrogens is 733 g/mol. The van der Waals surface area contributed by atoms with E-state index in [9.17, 15) is 0 Å². The highest BCUT2D eigenvalue weighted by molar-refractivity contribution is 6.06. The molecule has 60 heavy (non-hydrogen) atoms. The van der Waals surface area contributed by atoms with Crippen LogP contribution in [0.5, 0.6) is 5.75 Å². The first kappa shape index (κ1) is 39.3. The van der Waals surface area contributed by atoms with Crippen molar-refractivity contribution in [2.45, 2.75) is 26.7 Å². The van der Waals surface area contributed by atoms with Crippen LogP contribution in [0.4, 0.5) is 22.7 Å². The summed E-state index contributed by atoms with van der Waals surface area (Å²) in [6, 6.07) is 56.4. The van der Waals surface area contributed by atoms with E-state index in [0.717, 1.165) is 74.8 Å². The molecule has 0 amide bonds. The molecule has 2 N–H and O–H groups in total. The van der Waals surface area contributed by atoms with Crippen molar-refractivity contribution in [2.75, 3.05) is 10.6 Å². The van der Waals surface area contributed by atoms with Gasteiger partial charge >= 0.3 is 0 Å². The average Bonchev–Trinajstić information content (AvgIpc) is 3.69. The molecule has 0 unspecified atom stereocenters. The molecule has 0 fully saturated rings. The zero-order valence-electron chi connectivity index (χ0n) is 34.1. The molecule has 7 aromatic carbocycles. The van der Waals surface area contributed by atoms with Gasteiger partial charge in [0.1, 0.15) is 16.9 Å². The number of para-hydroxylation sites is 3. The molecule has 1 aliphatic heterocycles. The van der Waals surface area contributed by atoms with Crippen LogP contribution in [-0.4, -0.2) is 0 Å². The summed E-state index contributed by atoms with van der Waals surface area (Å²) in [4.78, 5) is 0. The lowest BCUT2D eigenvalue weighted by molar-refractivity contribution is 0.481. The first-order chi connectivity index (χ1) is 29.7. The van der Waals surface area contributed by atoms with Crippen LogP contribution in [0.3, 0.4) is 0 Å². The van der Waals surface area contributed by atoms with Crippen molar-refractivity contribution in [2.24, 2.45) is 0 Å². The topological polar surface area (TPSA) is 46.4 Å². The van der Waals surface area contributed by atoms with Crippen LogP contribution in [0, 0.1) is 0 Å². The largest absolute Gasteiger partial charge is 0.464 e. The predicted octanol–water partition coefficient (Wildman–Crippen LogP) is 16.3. The van der Waals surface area contributed by atoms with Gasteiger partial charge in [-0.15, -0.1) is 0 Å². The van der Waals surface area contributed by atoms with Crippen LogP contribution < -0.4 is 15.4 Å². The van der Waals surface area contributed by atoms with Crippen LogP contribution in [0.25, 0.3) is 55.3 Å². The Morgan fingerprint density at radius 3 is 1.92 bits per heavy atom. The molecule has 0 bridgehead atoms. The van der Waals surface area contributed by atoms with Crippen molar-refractivity contribution in [1.29, 1.82) is 0 Å². The minimum absolute atomic E-state index is 0.820. The first-order valence-electron chi connectivity index (χ1n) is 20.7. The van der Waals surface area contributed by atoms with E-state index in [1.807, 2.05) is 62.4 Å². The van der Waals surface area contributed by atoms with Gasteiger partial charge in [-0.3, -0.25) is 0 Å². The van der Waals surface area contributed by atoms with Crippen LogP contribution >= 0.6 is 0 Å². The molecule has 4 heteroatoms. The number of allylic oxidation sites excluding steroid dienone is 8. The monoisotopic (exact) mass is 780 g/mol. The van der Waals surface area contributed by atoms with E-state index in [0.29, 0.717) is 0 Å². The van der Waals surface area contributed by atoms with Gasteiger partial charge in [-0.05, 0) is 107 Å². The molecule has 4 nitrogen and oxygen atoms in total. The highest BCUT2D eigenvalue weighted by Crippen LogP contribution is 2.39. The summed E-state index contributed by atoms with van der Waals surface area (Å²) >= 11 is 0. The highest BCUT2D eigenvalue weighted by Gasteiger charge is 2.14. The van der Waals surface area contributed by atoms with E-state index in [1.54, 1.807) is 6.26 Å². The molecule has 0 saturated carbocycles. The van der Waals surface area contributed by atoms with Gasteiger partial charge in [-0.2, -0.15) is 0 Å². The van der Waals surface area contributed by atoms with Crippen molar-refractivity contribution in [3.05, 3.63) is 224 Å².